The molecular formula is C19H15F3IP. The van der Waals surface area contributed by atoms with Crippen molar-refractivity contribution >= 4 is 42.2 Å². The molecule has 0 bridgehead atoms. The van der Waals surface area contributed by atoms with E-state index in [0.717, 1.165) is 0 Å². The second kappa shape index (κ2) is 6.16. The number of hydrogen-bond acceptors (Lipinski definition) is 0. The van der Waals surface area contributed by atoms with Crippen LogP contribution in [0.3, 0.4) is 0 Å². The maximum absolute atomic E-state index is 14.9. The van der Waals surface area contributed by atoms with E-state index in [1.54, 1.807) is 113 Å². The maximum atomic E-state index is 14.9. The fourth-order valence-electron chi connectivity index (χ4n) is 3.01. The average Bonchev–Trinajstić information content (AvgIpc) is 2.62. The van der Waals surface area contributed by atoms with E-state index in [0.29, 0.717) is 15.9 Å². The summed E-state index contributed by atoms with van der Waals surface area (Å²) < 4.78 is 39.9. The van der Waals surface area contributed by atoms with Crippen molar-refractivity contribution in [2.24, 2.45) is 0 Å². The molecule has 24 heavy (non-hydrogen) atoms. The van der Waals surface area contributed by atoms with Gasteiger partial charge in [-0.05, 0) is 0 Å². The van der Waals surface area contributed by atoms with Crippen LogP contribution in [0.4, 0.5) is 13.2 Å². The van der Waals surface area contributed by atoms with Crippen LogP contribution >= 0.6 is 26.3 Å². The molecule has 0 aliphatic carbocycles. The average molecular weight is 458 g/mol. The number of hydrogen-bond donors (Lipinski definition) is 0. The molecule has 0 unspecified atom stereocenters. The molecule has 0 aliphatic heterocycles. The van der Waals surface area contributed by atoms with E-state index < -0.39 is 10.2 Å². The molecule has 0 saturated heterocycles. The van der Waals surface area contributed by atoms with Gasteiger partial charge in [0.1, 0.15) is 0 Å². The predicted molar refractivity (Wildman–Crippen MR) is 105 cm³/mol. The van der Waals surface area contributed by atoms with Gasteiger partial charge in [0.15, 0.2) is 0 Å². The summed E-state index contributed by atoms with van der Waals surface area (Å²) in [5, 5.41) is 0.942. The number of alkyl halides is 3. The standard InChI is InChI=1S/C19H15F3IP/c20-19(21,22)24(23,16-10-4-1-5-11-16,17-12-6-2-7-13-17)18-14-8-3-9-15-18/h1-15H. The van der Waals surface area contributed by atoms with E-state index in [1.807, 2.05) is 0 Å². The van der Waals surface area contributed by atoms with Gasteiger partial charge in [0.25, 0.3) is 0 Å². The summed E-state index contributed by atoms with van der Waals surface area (Å²) in [5.74, 6) is -4.42. The van der Waals surface area contributed by atoms with Gasteiger partial charge in [-0.2, -0.15) is 0 Å². The normalized spacial score (nSPS) is 13.9. The molecule has 0 saturated carbocycles. The van der Waals surface area contributed by atoms with Gasteiger partial charge in [0.05, 0.1) is 0 Å². The van der Waals surface area contributed by atoms with Crippen LogP contribution < -0.4 is 15.9 Å². The van der Waals surface area contributed by atoms with Gasteiger partial charge in [-0.25, -0.2) is 0 Å². The Labute approximate surface area is 152 Å². The molecule has 0 spiro atoms. The first-order valence-electron chi connectivity index (χ1n) is 7.36. The zero-order valence-corrected chi connectivity index (χ0v) is 15.7. The molecule has 0 amide bonds. The Hall–Kier alpha value is -1.39. The molecule has 0 atom stereocenters. The summed E-state index contributed by atoms with van der Waals surface area (Å²) in [4.78, 5) is 0. The molecule has 3 aromatic rings. The Morgan fingerprint density at radius 1 is 0.542 bits per heavy atom. The van der Waals surface area contributed by atoms with Crippen molar-refractivity contribution < 1.29 is 13.2 Å². The first-order valence-corrected chi connectivity index (χ1v) is 12.4. The van der Waals surface area contributed by atoms with E-state index in [2.05, 4.69) is 0 Å². The molecule has 0 heterocycles. The van der Waals surface area contributed by atoms with Crippen molar-refractivity contribution in [1.29, 1.82) is 0 Å². The third-order valence-electron chi connectivity index (χ3n) is 4.20. The van der Waals surface area contributed by atoms with Gasteiger partial charge in [0, 0.05) is 0 Å². The zero-order valence-electron chi connectivity index (χ0n) is 12.6. The van der Waals surface area contributed by atoms with Crippen molar-refractivity contribution in [2.45, 2.75) is 5.92 Å². The van der Waals surface area contributed by atoms with Gasteiger partial charge in [-0.15, -0.1) is 0 Å². The van der Waals surface area contributed by atoms with Crippen LogP contribution in [0.1, 0.15) is 0 Å². The Bertz CT molecular complexity index is 718. The van der Waals surface area contributed by atoms with Crippen molar-refractivity contribution in [2.75, 3.05) is 0 Å². The molecule has 0 nitrogen and oxygen atoms in total. The fourth-order valence-corrected chi connectivity index (χ4v) is 9.87. The van der Waals surface area contributed by atoms with Gasteiger partial charge in [-0.3, -0.25) is 0 Å². The van der Waals surface area contributed by atoms with Crippen molar-refractivity contribution in [3.63, 3.8) is 0 Å². The molecular weight excluding hydrogens is 443 g/mol. The van der Waals surface area contributed by atoms with Crippen LogP contribution in [0.25, 0.3) is 0 Å². The molecule has 0 N–H and O–H groups in total. The summed E-state index contributed by atoms with van der Waals surface area (Å²) in [7, 11) is 0. The van der Waals surface area contributed by atoms with Gasteiger partial charge < -0.3 is 0 Å². The minimum absolute atomic E-state index is 0.314. The van der Waals surface area contributed by atoms with E-state index in [1.165, 1.54) is 0 Å². The fraction of sp³-hybridized carbons (Fsp3) is 0.0526. The van der Waals surface area contributed by atoms with Gasteiger partial charge in [0.2, 0.25) is 0 Å². The third kappa shape index (κ3) is 2.31. The SMILES string of the molecule is FC(F)(F)P(I)(c1ccccc1)(c1ccccc1)c1ccccc1. The topological polar surface area (TPSA) is 0 Å². The summed E-state index contributed by atoms with van der Waals surface area (Å²) in [6.45, 7) is 0. The molecule has 0 radical (unpaired) electrons. The van der Waals surface area contributed by atoms with Crippen molar-refractivity contribution in [1.82, 2.24) is 0 Å². The van der Waals surface area contributed by atoms with E-state index in [9.17, 15) is 13.2 Å². The predicted octanol–water partition coefficient (Wildman–Crippen LogP) is 5.39. The Kier molecular flexibility index (Phi) is 4.47. The molecule has 0 aliphatic rings. The summed E-state index contributed by atoms with van der Waals surface area (Å²) in [6.07, 6.45) is 0. The number of benzene rings is 3. The molecule has 3 aromatic carbocycles. The summed E-state index contributed by atoms with van der Waals surface area (Å²) >= 11 is 1.72. The molecule has 0 fully saturated rings. The molecule has 124 valence electrons. The van der Waals surface area contributed by atoms with E-state index in [-0.39, 0.29) is 0 Å². The Morgan fingerprint density at radius 2 is 0.792 bits per heavy atom. The summed E-state index contributed by atoms with van der Waals surface area (Å²) in [6, 6.07) is 24.8. The van der Waals surface area contributed by atoms with Gasteiger partial charge >= 0.3 is 152 Å². The quantitative estimate of drug-likeness (QED) is 0.365. The Morgan fingerprint density at radius 3 is 1.00 bits per heavy atom. The number of rotatable bonds is 3. The van der Waals surface area contributed by atoms with Crippen LogP contribution in [0.2, 0.25) is 0 Å². The molecule has 5 heteroatoms. The minimum atomic E-state index is -4.67. The van der Waals surface area contributed by atoms with Crippen molar-refractivity contribution in [3.05, 3.63) is 91.0 Å². The van der Waals surface area contributed by atoms with E-state index in [4.69, 9.17) is 0 Å². The third-order valence-corrected chi connectivity index (χ3v) is 15.6. The molecule has 0 aromatic heterocycles. The van der Waals surface area contributed by atoms with Crippen LogP contribution in [0.5, 0.6) is 0 Å². The monoisotopic (exact) mass is 458 g/mol. The first-order chi connectivity index (χ1) is 11.4. The molecule has 3 rings (SSSR count). The van der Waals surface area contributed by atoms with E-state index >= 15 is 0 Å². The zero-order chi connectivity index (χ0) is 17.3. The van der Waals surface area contributed by atoms with Gasteiger partial charge in [-0.1, -0.05) is 0 Å². The van der Waals surface area contributed by atoms with Crippen LogP contribution in [0, 0.1) is 0 Å². The summed E-state index contributed by atoms with van der Waals surface area (Å²) in [5.41, 5.74) is 0. The Balaban J connectivity index is 2.53. The van der Waals surface area contributed by atoms with Crippen molar-refractivity contribution in [3.8, 4) is 0 Å². The number of halogens is 4. The van der Waals surface area contributed by atoms with Crippen LogP contribution in [-0.4, -0.2) is 5.92 Å². The van der Waals surface area contributed by atoms with Crippen LogP contribution in [0.15, 0.2) is 91.0 Å². The first kappa shape index (κ1) is 17.4. The van der Waals surface area contributed by atoms with Crippen LogP contribution in [-0.2, 0) is 0 Å². The second-order valence-electron chi connectivity index (χ2n) is 5.48. The second-order valence-corrected chi connectivity index (χ2v) is 15.3.